The third-order valence-electron chi connectivity index (χ3n) is 2.04. The first-order valence-electron chi connectivity index (χ1n) is 6.21. The van der Waals surface area contributed by atoms with E-state index in [2.05, 4.69) is 0 Å². The second-order valence-corrected chi connectivity index (χ2v) is 3.57. The van der Waals surface area contributed by atoms with Crippen molar-refractivity contribution in [2.45, 2.75) is 53.4 Å². The van der Waals surface area contributed by atoms with Crippen LogP contribution in [-0.4, -0.2) is 11.6 Å². The third-order valence-corrected chi connectivity index (χ3v) is 2.04. The van der Waals surface area contributed by atoms with Gasteiger partial charge in [-0.05, 0) is 25.0 Å². The normalized spacial score (nSPS) is 10.9. The fourth-order valence-electron chi connectivity index (χ4n) is 0.767. The standard InChI is InChI=1S/2C7H12O2.Cu/c2*1-3-6(8)5-7(9)4-2;/h2*5,8H,3-4H2,1-2H3;/q;;+2/p-2/b2*6-5-;. The maximum atomic E-state index is 10.5. The van der Waals surface area contributed by atoms with Crippen molar-refractivity contribution in [2.75, 3.05) is 0 Å². The summed E-state index contributed by atoms with van der Waals surface area (Å²) in [4.78, 5) is 21.0. The smallest absolute Gasteiger partial charge is 0.875 e. The van der Waals surface area contributed by atoms with Crippen LogP contribution in [0.25, 0.3) is 0 Å². The Bertz CT molecular complexity index is 287. The summed E-state index contributed by atoms with van der Waals surface area (Å²) in [7, 11) is 0. The van der Waals surface area contributed by atoms with Crippen LogP contribution < -0.4 is 10.2 Å². The first-order valence-corrected chi connectivity index (χ1v) is 6.21. The Balaban J connectivity index is -0.000000256. The fraction of sp³-hybridized carbons (Fsp3) is 0.571. The van der Waals surface area contributed by atoms with E-state index in [0.717, 1.165) is 0 Å². The van der Waals surface area contributed by atoms with Crippen LogP contribution in [0, 0.1) is 0 Å². The van der Waals surface area contributed by atoms with Gasteiger partial charge in [0.05, 0.1) is 0 Å². The Morgan fingerprint density at radius 2 is 1.00 bits per heavy atom. The van der Waals surface area contributed by atoms with Gasteiger partial charge in [0.15, 0.2) is 11.6 Å². The molecule has 0 aliphatic heterocycles. The molecular formula is C14H22CuO4. The summed E-state index contributed by atoms with van der Waals surface area (Å²) >= 11 is 0. The molecule has 0 fully saturated rings. The summed E-state index contributed by atoms with van der Waals surface area (Å²) in [6, 6.07) is 0. The van der Waals surface area contributed by atoms with Crippen LogP contribution in [-0.2, 0) is 26.7 Å². The molecule has 0 aliphatic carbocycles. The van der Waals surface area contributed by atoms with E-state index in [1.165, 1.54) is 12.2 Å². The van der Waals surface area contributed by atoms with E-state index in [1.54, 1.807) is 27.7 Å². The maximum absolute atomic E-state index is 10.5. The van der Waals surface area contributed by atoms with Crippen molar-refractivity contribution in [2.24, 2.45) is 0 Å². The number of carbonyl (C=O) groups excluding carboxylic acids is 2. The molecule has 0 saturated heterocycles. The van der Waals surface area contributed by atoms with Crippen LogP contribution in [0.1, 0.15) is 53.4 Å². The quantitative estimate of drug-likeness (QED) is 0.419. The molecule has 0 aromatic carbocycles. The van der Waals surface area contributed by atoms with Gasteiger partial charge in [0.2, 0.25) is 0 Å². The first-order chi connectivity index (χ1) is 8.40. The molecule has 0 aromatic rings. The second-order valence-electron chi connectivity index (χ2n) is 3.57. The monoisotopic (exact) mass is 317 g/mol. The van der Waals surface area contributed by atoms with Crippen LogP contribution in [0.5, 0.6) is 0 Å². The summed E-state index contributed by atoms with van der Waals surface area (Å²) in [6.45, 7) is 6.95. The minimum absolute atomic E-state index is 0. The van der Waals surface area contributed by atoms with Crippen molar-refractivity contribution in [1.29, 1.82) is 0 Å². The first kappa shape index (κ1) is 23.1. The Morgan fingerprint density at radius 3 is 1.16 bits per heavy atom. The molecule has 19 heavy (non-hydrogen) atoms. The molecule has 0 N–H and O–H groups in total. The number of carbonyl (C=O) groups is 2. The molecule has 0 bridgehead atoms. The summed E-state index contributed by atoms with van der Waals surface area (Å²) in [5.41, 5.74) is 0. The molecule has 4 nitrogen and oxygen atoms in total. The number of allylic oxidation sites excluding steroid dienone is 4. The van der Waals surface area contributed by atoms with Crippen LogP contribution in [0.4, 0.5) is 0 Å². The van der Waals surface area contributed by atoms with Gasteiger partial charge >= 0.3 is 17.1 Å². The topological polar surface area (TPSA) is 80.3 Å². The average Bonchev–Trinajstić information content (AvgIpc) is 2.38. The van der Waals surface area contributed by atoms with Crippen molar-refractivity contribution in [3.05, 3.63) is 23.7 Å². The molecule has 0 heterocycles. The fourth-order valence-corrected chi connectivity index (χ4v) is 0.767. The van der Waals surface area contributed by atoms with Gasteiger partial charge in [-0.25, -0.2) is 0 Å². The van der Waals surface area contributed by atoms with E-state index < -0.39 is 0 Å². The summed E-state index contributed by atoms with van der Waals surface area (Å²) in [6.07, 6.45) is 4.02. The Labute approximate surface area is 126 Å². The largest absolute Gasteiger partial charge is 2.00 e. The van der Waals surface area contributed by atoms with E-state index >= 15 is 0 Å². The van der Waals surface area contributed by atoms with Crippen LogP contribution in [0.2, 0.25) is 0 Å². The van der Waals surface area contributed by atoms with E-state index in [4.69, 9.17) is 0 Å². The summed E-state index contributed by atoms with van der Waals surface area (Å²) in [5, 5.41) is 21.0. The molecule has 0 saturated carbocycles. The van der Waals surface area contributed by atoms with Crippen LogP contribution >= 0.6 is 0 Å². The zero-order valence-electron chi connectivity index (χ0n) is 11.9. The van der Waals surface area contributed by atoms with Crippen molar-refractivity contribution in [3.8, 4) is 0 Å². The van der Waals surface area contributed by atoms with Crippen LogP contribution in [0.3, 0.4) is 0 Å². The second kappa shape index (κ2) is 15.0. The van der Waals surface area contributed by atoms with E-state index in [-0.39, 0.29) is 40.2 Å². The maximum Gasteiger partial charge on any atom is 2.00 e. The molecule has 0 rings (SSSR count). The Hall–Kier alpha value is -1.06. The number of ketones is 2. The van der Waals surface area contributed by atoms with Gasteiger partial charge in [0.25, 0.3) is 0 Å². The van der Waals surface area contributed by atoms with E-state index in [9.17, 15) is 19.8 Å². The Kier molecular flexibility index (Phi) is 18.2. The Morgan fingerprint density at radius 1 is 0.737 bits per heavy atom. The number of rotatable bonds is 6. The molecule has 0 spiro atoms. The van der Waals surface area contributed by atoms with Crippen molar-refractivity contribution < 1.29 is 36.9 Å². The molecular weight excluding hydrogens is 296 g/mol. The number of hydrogen-bond donors (Lipinski definition) is 0. The van der Waals surface area contributed by atoms with Gasteiger partial charge in [-0.2, -0.15) is 0 Å². The molecule has 5 heteroatoms. The van der Waals surface area contributed by atoms with Gasteiger partial charge in [0, 0.05) is 12.8 Å². The number of hydrogen-bond acceptors (Lipinski definition) is 4. The molecule has 0 atom stereocenters. The van der Waals surface area contributed by atoms with Gasteiger partial charge < -0.3 is 10.2 Å². The van der Waals surface area contributed by atoms with Gasteiger partial charge in [0.1, 0.15) is 0 Å². The third kappa shape index (κ3) is 16.9. The van der Waals surface area contributed by atoms with E-state index in [0.29, 0.717) is 25.7 Å². The summed E-state index contributed by atoms with van der Waals surface area (Å²) < 4.78 is 0. The van der Waals surface area contributed by atoms with Crippen molar-refractivity contribution in [1.82, 2.24) is 0 Å². The van der Waals surface area contributed by atoms with Gasteiger partial charge in [-0.1, -0.05) is 27.7 Å². The minimum Gasteiger partial charge on any atom is -0.875 e. The van der Waals surface area contributed by atoms with Gasteiger partial charge in [-0.3, -0.25) is 9.59 Å². The summed E-state index contributed by atoms with van der Waals surface area (Å²) in [5.74, 6) is -0.326. The molecule has 0 amide bonds. The molecule has 0 aliphatic rings. The predicted octanol–water partition coefficient (Wildman–Crippen LogP) is 1.24. The zero-order valence-corrected chi connectivity index (χ0v) is 12.9. The van der Waals surface area contributed by atoms with E-state index in [1.807, 2.05) is 0 Å². The molecule has 0 unspecified atom stereocenters. The molecule has 113 valence electrons. The molecule has 1 radical (unpaired) electrons. The van der Waals surface area contributed by atoms with Crippen molar-refractivity contribution in [3.63, 3.8) is 0 Å². The molecule has 0 aromatic heterocycles. The predicted molar refractivity (Wildman–Crippen MR) is 67.3 cm³/mol. The zero-order chi connectivity index (χ0) is 14.6. The average molecular weight is 318 g/mol. The van der Waals surface area contributed by atoms with Crippen LogP contribution in [0.15, 0.2) is 23.7 Å². The minimum atomic E-state index is -0.0816. The SMILES string of the molecule is CCC(=O)/C=C(\[O-])CC.CCC(=O)/C=C(\[O-])CC.[Cu+2]. The van der Waals surface area contributed by atoms with Crippen molar-refractivity contribution >= 4 is 11.6 Å². The van der Waals surface area contributed by atoms with Gasteiger partial charge in [-0.15, -0.1) is 11.5 Å².